The molecule has 234 valence electrons. The molecular formula is C35H24N8O3S2. The van der Waals surface area contributed by atoms with Crippen LogP contribution in [-0.4, -0.2) is 47.5 Å². The van der Waals surface area contributed by atoms with Crippen molar-refractivity contribution in [1.82, 2.24) is 9.38 Å². The van der Waals surface area contributed by atoms with E-state index in [0.717, 1.165) is 0 Å². The van der Waals surface area contributed by atoms with Gasteiger partial charge in [-0.3, -0.25) is 14.0 Å². The van der Waals surface area contributed by atoms with Gasteiger partial charge in [0, 0.05) is 21.0 Å². The van der Waals surface area contributed by atoms with Crippen LogP contribution in [0.4, 0.5) is 17.1 Å². The van der Waals surface area contributed by atoms with Crippen molar-refractivity contribution < 1.29 is 9.53 Å². The Morgan fingerprint density at radius 1 is 0.958 bits per heavy atom. The summed E-state index contributed by atoms with van der Waals surface area (Å²) in [5.74, 6) is 0.239. The monoisotopic (exact) mass is 668 g/mol. The predicted molar refractivity (Wildman–Crippen MR) is 186 cm³/mol. The average molecular weight is 669 g/mol. The fourth-order valence-electron chi connectivity index (χ4n) is 6.30. The number of aromatic nitrogens is 2. The fraction of sp³-hybridized carbons (Fsp3) is 0.171. The van der Waals surface area contributed by atoms with Crippen LogP contribution in [0.25, 0.3) is 21.7 Å². The lowest BCUT2D eigenvalue weighted by Crippen LogP contribution is -2.38. The highest BCUT2D eigenvalue weighted by molar-refractivity contribution is 8.08. The van der Waals surface area contributed by atoms with E-state index in [1.54, 1.807) is 67.2 Å². The van der Waals surface area contributed by atoms with Crippen molar-refractivity contribution >= 4 is 73.8 Å². The molecule has 0 saturated carbocycles. The molecule has 7 rings (SSSR count). The van der Waals surface area contributed by atoms with Gasteiger partial charge in [-0.2, -0.15) is 15.8 Å². The second-order valence-electron chi connectivity index (χ2n) is 11.2. The average Bonchev–Trinajstić information content (AvgIpc) is 3.74. The lowest BCUT2D eigenvalue weighted by molar-refractivity contribution is -0.111. The molecule has 0 amide bonds. The second-order valence-corrected chi connectivity index (χ2v) is 13.2. The summed E-state index contributed by atoms with van der Waals surface area (Å²) in [5, 5.41) is 31.6. The zero-order chi connectivity index (χ0) is 34.0. The first-order chi connectivity index (χ1) is 23.2. The number of hydrogen-bond donors (Lipinski definition) is 0. The fourth-order valence-corrected chi connectivity index (χ4v) is 9.08. The van der Waals surface area contributed by atoms with Crippen LogP contribution in [0.2, 0.25) is 0 Å². The molecule has 11 nitrogen and oxygen atoms in total. The maximum atomic E-state index is 14.3. The van der Waals surface area contributed by atoms with Crippen molar-refractivity contribution in [3.05, 3.63) is 86.4 Å². The molecule has 13 heteroatoms. The summed E-state index contributed by atoms with van der Waals surface area (Å²) >= 11 is 2.48. The number of ether oxygens (including phenoxy) is 1. The number of benzene rings is 3. The third kappa shape index (κ3) is 4.27. The number of para-hydroxylation sites is 4. The van der Waals surface area contributed by atoms with Crippen molar-refractivity contribution in [1.29, 1.82) is 15.8 Å². The largest absolute Gasteiger partial charge is 0.494 e. The van der Waals surface area contributed by atoms with E-state index in [1.807, 2.05) is 12.1 Å². The van der Waals surface area contributed by atoms with Gasteiger partial charge >= 0.3 is 0 Å². The molecule has 0 aliphatic carbocycles. The number of hydrogen-bond acceptors (Lipinski definition) is 12. The van der Waals surface area contributed by atoms with Gasteiger partial charge < -0.3 is 14.5 Å². The first-order valence-electron chi connectivity index (χ1n) is 14.6. The summed E-state index contributed by atoms with van der Waals surface area (Å²) < 4.78 is 6.91. The number of anilines is 2. The standard InChI is InChI=1S/C35H24N8O3S2/c1-17-19(14-36)32-40-22-10-6-8-12-24(22)43(32)33(45)26(17)34-41(3)28-20(15-37)31-29(21(16-38)30(28)47-34)42(4)35(48-31)27(18(2)44)39-23-11-7-9-13-25(23)46-5/h6-13,35H,1-5H3. The Morgan fingerprint density at radius 3 is 2.31 bits per heavy atom. The Kier molecular flexibility index (Phi) is 7.36. The molecule has 2 aliphatic heterocycles. The topological polar surface area (TPSA) is 151 Å². The van der Waals surface area contributed by atoms with Crippen LogP contribution >= 0.6 is 23.5 Å². The number of nitriles is 3. The highest BCUT2D eigenvalue weighted by Gasteiger charge is 2.43. The molecule has 5 aromatic rings. The number of pyridine rings is 1. The molecule has 0 radical (unpaired) electrons. The summed E-state index contributed by atoms with van der Waals surface area (Å²) in [6, 6.07) is 21.2. The molecule has 0 N–H and O–H groups in total. The number of aliphatic imine (C=N–C) groups is 1. The Balaban J connectivity index is 1.45. The minimum atomic E-state index is -0.631. The summed E-state index contributed by atoms with van der Waals surface area (Å²) in [5.41, 5.74) is 4.15. The van der Waals surface area contributed by atoms with Crippen molar-refractivity contribution in [2.45, 2.75) is 29.0 Å². The van der Waals surface area contributed by atoms with Gasteiger partial charge in [-0.1, -0.05) is 47.8 Å². The van der Waals surface area contributed by atoms with Gasteiger partial charge in [-0.15, -0.1) is 0 Å². The molecule has 1 unspecified atom stereocenters. The first-order valence-corrected chi connectivity index (χ1v) is 16.3. The number of Topliss-reactive ketones (excluding diaryl/α,β-unsaturated/α-hetero) is 1. The molecule has 48 heavy (non-hydrogen) atoms. The minimum Gasteiger partial charge on any atom is -0.494 e. The lowest BCUT2D eigenvalue weighted by atomic mass is 10.0. The molecule has 2 aliphatic rings. The van der Waals surface area contributed by atoms with E-state index in [-0.39, 0.29) is 28.3 Å². The van der Waals surface area contributed by atoms with Gasteiger partial charge in [0.1, 0.15) is 40.7 Å². The van der Waals surface area contributed by atoms with E-state index in [2.05, 4.69) is 23.2 Å². The zero-order valence-corrected chi connectivity index (χ0v) is 27.9. The quantitative estimate of drug-likeness (QED) is 0.237. The number of nitrogens with zero attached hydrogens (tertiary/aromatic N) is 8. The van der Waals surface area contributed by atoms with Crippen LogP contribution in [0.15, 0.2) is 68.1 Å². The van der Waals surface area contributed by atoms with Crippen molar-refractivity contribution in [2.24, 2.45) is 4.99 Å². The number of thioether (sulfide) groups is 2. The maximum Gasteiger partial charge on any atom is 0.267 e. The molecule has 0 spiro atoms. The third-order valence-electron chi connectivity index (χ3n) is 8.55. The van der Waals surface area contributed by atoms with Crippen LogP contribution in [0.3, 0.4) is 0 Å². The summed E-state index contributed by atoms with van der Waals surface area (Å²) in [7, 11) is 5.04. The highest BCUT2D eigenvalue weighted by Crippen LogP contribution is 2.58. The molecule has 3 aromatic carbocycles. The van der Waals surface area contributed by atoms with Gasteiger partial charge in [-0.25, -0.2) is 9.98 Å². The van der Waals surface area contributed by atoms with Crippen molar-refractivity contribution in [2.75, 3.05) is 31.0 Å². The van der Waals surface area contributed by atoms with Crippen molar-refractivity contribution in [3.63, 3.8) is 0 Å². The van der Waals surface area contributed by atoms with Gasteiger partial charge in [-0.05, 0) is 36.8 Å². The number of carbonyl (C=O) groups excluding carboxylic acids is 1. The molecule has 0 saturated heterocycles. The molecule has 1 atom stereocenters. The Bertz CT molecular complexity index is 2540. The smallest absolute Gasteiger partial charge is 0.267 e. The molecule has 0 bridgehead atoms. The van der Waals surface area contributed by atoms with E-state index in [9.17, 15) is 25.4 Å². The summed E-state index contributed by atoms with van der Waals surface area (Å²) in [4.78, 5) is 41.2. The van der Waals surface area contributed by atoms with Crippen LogP contribution in [-0.2, 0) is 4.79 Å². The highest BCUT2D eigenvalue weighted by atomic mass is 32.2. The van der Waals surface area contributed by atoms with E-state index in [0.29, 0.717) is 70.6 Å². The van der Waals surface area contributed by atoms with Gasteiger partial charge in [0.25, 0.3) is 5.56 Å². The number of fused-ring (bicyclic) bond motifs is 5. The van der Waals surface area contributed by atoms with Gasteiger partial charge in [0.15, 0.2) is 11.4 Å². The van der Waals surface area contributed by atoms with Crippen LogP contribution in [0.5, 0.6) is 5.75 Å². The maximum absolute atomic E-state index is 14.3. The number of carbonyl (C=O) groups is 1. The summed E-state index contributed by atoms with van der Waals surface area (Å²) in [6.07, 6.45) is 0. The van der Waals surface area contributed by atoms with E-state index < -0.39 is 5.37 Å². The molecule has 0 fully saturated rings. The van der Waals surface area contributed by atoms with Crippen molar-refractivity contribution in [3.8, 4) is 24.0 Å². The number of ketones is 1. The minimum absolute atomic E-state index is 0.237. The number of rotatable bonds is 4. The molecule has 4 heterocycles. The van der Waals surface area contributed by atoms with Gasteiger partial charge in [0.2, 0.25) is 0 Å². The molecule has 2 aromatic heterocycles. The van der Waals surface area contributed by atoms with Gasteiger partial charge in [0.05, 0.1) is 66.2 Å². The molecular weight excluding hydrogens is 645 g/mol. The summed E-state index contributed by atoms with van der Waals surface area (Å²) in [6.45, 7) is 3.15. The third-order valence-corrected chi connectivity index (χ3v) is 11.2. The second kappa shape index (κ2) is 11.5. The Hall–Kier alpha value is -5.81. The van der Waals surface area contributed by atoms with Crippen LogP contribution in [0, 0.1) is 40.9 Å². The predicted octanol–water partition coefficient (Wildman–Crippen LogP) is 5.04. The number of imidazole rings is 1. The lowest BCUT2D eigenvalue weighted by Gasteiger charge is -2.23. The van der Waals surface area contributed by atoms with Crippen LogP contribution < -0.4 is 25.3 Å². The van der Waals surface area contributed by atoms with E-state index in [1.165, 1.54) is 42.0 Å². The Morgan fingerprint density at radius 2 is 1.62 bits per heavy atom. The SMILES string of the molecule is COc1ccccc1N=C(C(C)=O)C1Sc2c(C#N)c3c(c(C#N)c2N1C)SC(=c1c(C)c(C#N)c2nc4ccccc4n2c1=O)N3C. The number of methoxy groups -OCH3 is 1. The zero-order valence-electron chi connectivity index (χ0n) is 26.3. The normalized spacial score (nSPS) is 16.5. The Labute approximate surface area is 283 Å². The van der Waals surface area contributed by atoms with E-state index in [4.69, 9.17) is 9.73 Å². The van der Waals surface area contributed by atoms with E-state index >= 15 is 0 Å². The first kappa shape index (κ1) is 30.8. The van der Waals surface area contributed by atoms with Crippen LogP contribution in [0.1, 0.15) is 29.2 Å².